The van der Waals surface area contributed by atoms with Crippen LogP contribution in [0.5, 0.6) is 0 Å². The Morgan fingerprint density at radius 2 is 2.29 bits per heavy atom. The summed E-state index contributed by atoms with van der Waals surface area (Å²) >= 11 is 0. The molecule has 1 aliphatic rings. The van der Waals surface area contributed by atoms with Gasteiger partial charge in [0.15, 0.2) is 0 Å². The molecule has 1 fully saturated rings. The van der Waals surface area contributed by atoms with Gasteiger partial charge in [0.05, 0.1) is 0 Å². The lowest BCUT2D eigenvalue weighted by Gasteiger charge is -2.22. The predicted molar refractivity (Wildman–Crippen MR) is 67.8 cm³/mol. The molecule has 4 nitrogen and oxygen atoms in total. The minimum absolute atomic E-state index is 0.0938. The van der Waals surface area contributed by atoms with Crippen LogP contribution in [0.4, 0.5) is 11.4 Å². The van der Waals surface area contributed by atoms with Crippen molar-refractivity contribution >= 4 is 17.3 Å². The quantitative estimate of drug-likeness (QED) is 0.770. The van der Waals surface area contributed by atoms with E-state index < -0.39 is 5.60 Å². The molecule has 1 aromatic carbocycles. The third-order valence-corrected chi connectivity index (χ3v) is 3.32. The van der Waals surface area contributed by atoms with Crippen molar-refractivity contribution in [2.24, 2.45) is 0 Å². The van der Waals surface area contributed by atoms with Crippen LogP contribution in [0.25, 0.3) is 0 Å². The van der Waals surface area contributed by atoms with Gasteiger partial charge in [0.2, 0.25) is 0 Å². The van der Waals surface area contributed by atoms with Crippen LogP contribution < -0.4 is 11.1 Å². The molecule has 1 aliphatic heterocycles. The summed E-state index contributed by atoms with van der Waals surface area (Å²) in [7, 11) is 0. The Balaban J connectivity index is 2.16. The van der Waals surface area contributed by atoms with Gasteiger partial charge in [0, 0.05) is 18.0 Å². The zero-order chi connectivity index (χ0) is 12.5. The number of hydrogen-bond acceptors (Lipinski definition) is 3. The lowest BCUT2D eigenvalue weighted by atomic mass is 10.0. The normalized spacial score (nSPS) is 23.6. The van der Waals surface area contributed by atoms with Crippen LogP contribution in [0.15, 0.2) is 18.2 Å². The Morgan fingerprint density at radius 1 is 1.53 bits per heavy atom. The van der Waals surface area contributed by atoms with E-state index in [2.05, 4.69) is 5.32 Å². The van der Waals surface area contributed by atoms with E-state index in [-0.39, 0.29) is 5.91 Å². The van der Waals surface area contributed by atoms with Crippen LogP contribution in [-0.2, 0) is 9.53 Å². The molecule has 1 aromatic rings. The molecule has 3 N–H and O–H groups in total. The summed E-state index contributed by atoms with van der Waals surface area (Å²) in [6, 6.07) is 5.50. The number of benzene rings is 1. The number of nitrogens with two attached hydrogens (primary N) is 1. The summed E-state index contributed by atoms with van der Waals surface area (Å²) in [5.41, 5.74) is 7.43. The predicted octanol–water partition coefficient (Wildman–Crippen LogP) is 2.08. The van der Waals surface area contributed by atoms with Crippen LogP contribution in [0, 0.1) is 6.92 Å². The highest BCUT2D eigenvalue weighted by Gasteiger charge is 2.37. The fraction of sp³-hybridized carbons (Fsp3) is 0.462. The number of carbonyl (C=O) groups is 1. The second-order valence-electron chi connectivity index (χ2n) is 4.66. The first kappa shape index (κ1) is 11.9. The lowest BCUT2D eigenvalue weighted by molar-refractivity contribution is -0.133. The molecule has 0 aliphatic carbocycles. The molecule has 0 saturated carbocycles. The smallest absolute Gasteiger partial charge is 0.256 e. The maximum absolute atomic E-state index is 12.1. The Morgan fingerprint density at radius 3 is 2.94 bits per heavy atom. The van der Waals surface area contributed by atoms with E-state index in [0.29, 0.717) is 12.3 Å². The SMILES string of the molecule is Cc1c(N)cccc1NC(=O)C1(C)CCCO1. The van der Waals surface area contributed by atoms with Gasteiger partial charge in [0.1, 0.15) is 5.60 Å². The van der Waals surface area contributed by atoms with E-state index in [0.717, 1.165) is 24.1 Å². The van der Waals surface area contributed by atoms with Gasteiger partial charge < -0.3 is 15.8 Å². The molecule has 92 valence electrons. The van der Waals surface area contributed by atoms with Crippen molar-refractivity contribution in [3.05, 3.63) is 23.8 Å². The molecule has 0 radical (unpaired) electrons. The van der Waals surface area contributed by atoms with Gasteiger partial charge in [-0.3, -0.25) is 4.79 Å². The molecule has 1 atom stereocenters. The van der Waals surface area contributed by atoms with Gasteiger partial charge in [-0.15, -0.1) is 0 Å². The topological polar surface area (TPSA) is 64.3 Å². The number of hydrogen-bond donors (Lipinski definition) is 2. The molecular weight excluding hydrogens is 216 g/mol. The summed E-state index contributed by atoms with van der Waals surface area (Å²) < 4.78 is 5.50. The molecule has 1 amide bonds. The van der Waals surface area contributed by atoms with Gasteiger partial charge in [-0.05, 0) is 44.4 Å². The van der Waals surface area contributed by atoms with Crippen LogP contribution >= 0.6 is 0 Å². The van der Waals surface area contributed by atoms with Crippen molar-refractivity contribution in [2.45, 2.75) is 32.3 Å². The summed E-state index contributed by atoms with van der Waals surface area (Å²) in [6.07, 6.45) is 1.69. The molecule has 1 unspecified atom stereocenters. The number of anilines is 2. The number of rotatable bonds is 2. The zero-order valence-electron chi connectivity index (χ0n) is 10.2. The Kier molecular flexibility index (Phi) is 3.07. The van der Waals surface area contributed by atoms with E-state index >= 15 is 0 Å². The van der Waals surface area contributed by atoms with Crippen LogP contribution in [0.1, 0.15) is 25.3 Å². The molecular formula is C13H18N2O2. The van der Waals surface area contributed by atoms with Gasteiger partial charge in [0.25, 0.3) is 5.91 Å². The monoisotopic (exact) mass is 234 g/mol. The minimum Gasteiger partial charge on any atom is -0.398 e. The highest BCUT2D eigenvalue weighted by Crippen LogP contribution is 2.28. The van der Waals surface area contributed by atoms with E-state index in [1.54, 1.807) is 0 Å². The van der Waals surface area contributed by atoms with E-state index in [1.165, 1.54) is 0 Å². The second kappa shape index (κ2) is 4.37. The number of ether oxygens (including phenoxy) is 1. The first-order valence-electron chi connectivity index (χ1n) is 5.83. The van der Waals surface area contributed by atoms with E-state index in [9.17, 15) is 4.79 Å². The standard InChI is InChI=1S/C13H18N2O2/c1-9-10(14)5-3-6-11(9)15-12(16)13(2)7-4-8-17-13/h3,5-6H,4,7-8,14H2,1-2H3,(H,15,16). The maximum Gasteiger partial charge on any atom is 0.256 e. The molecule has 2 rings (SSSR count). The first-order valence-corrected chi connectivity index (χ1v) is 5.83. The second-order valence-corrected chi connectivity index (χ2v) is 4.66. The van der Waals surface area contributed by atoms with Gasteiger partial charge in [-0.1, -0.05) is 6.07 Å². The average Bonchev–Trinajstić information content (AvgIpc) is 2.73. The number of amides is 1. The van der Waals surface area contributed by atoms with E-state index in [4.69, 9.17) is 10.5 Å². The fourth-order valence-electron chi connectivity index (χ4n) is 2.00. The highest BCUT2D eigenvalue weighted by atomic mass is 16.5. The van der Waals surface area contributed by atoms with Crippen LogP contribution in [-0.4, -0.2) is 18.1 Å². The summed E-state index contributed by atoms with van der Waals surface area (Å²) in [5, 5.41) is 2.89. The van der Waals surface area contributed by atoms with Crippen molar-refractivity contribution in [2.75, 3.05) is 17.7 Å². The lowest BCUT2D eigenvalue weighted by Crippen LogP contribution is -2.39. The first-order chi connectivity index (χ1) is 8.03. The number of nitrogens with one attached hydrogen (secondary N) is 1. The molecule has 0 spiro atoms. The van der Waals surface area contributed by atoms with Gasteiger partial charge in [-0.2, -0.15) is 0 Å². The number of nitrogen functional groups attached to an aromatic ring is 1. The average molecular weight is 234 g/mol. The van der Waals surface area contributed by atoms with Crippen molar-refractivity contribution in [1.82, 2.24) is 0 Å². The third kappa shape index (κ3) is 2.26. The number of carbonyl (C=O) groups excluding carboxylic acids is 1. The van der Waals surface area contributed by atoms with E-state index in [1.807, 2.05) is 32.0 Å². The van der Waals surface area contributed by atoms with Crippen molar-refractivity contribution in [3.63, 3.8) is 0 Å². The van der Waals surface area contributed by atoms with Gasteiger partial charge >= 0.3 is 0 Å². The minimum atomic E-state index is -0.697. The molecule has 1 heterocycles. The molecule has 17 heavy (non-hydrogen) atoms. The molecule has 1 saturated heterocycles. The maximum atomic E-state index is 12.1. The summed E-state index contributed by atoms with van der Waals surface area (Å²) in [6.45, 7) is 4.37. The summed E-state index contributed by atoms with van der Waals surface area (Å²) in [5.74, 6) is -0.0938. The van der Waals surface area contributed by atoms with Crippen molar-refractivity contribution in [3.8, 4) is 0 Å². The Bertz CT molecular complexity index is 437. The summed E-state index contributed by atoms with van der Waals surface area (Å²) in [4.78, 5) is 12.1. The van der Waals surface area contributed by atoms with Gasteiger partial charge in [-0.25, -0.2) is 0 Å². The molecule has 0 bridgehead atoms. The molecule has 4 heteroatoms. The van der Waals surface area contributed by atoms with Crippen molar-refractivity contribution in [1.29, 1.82) is 0 Å². The highest BCUT2D eigenvalue weighted by molar-refractivity contribution is 5.98. The molecule has 0 aromatic heterocycles. The third-order valence-electron chi connectivity index (χ3n) is 3.32. The van der Waals surface area contributed by atoms with Crippen molar-refractivity contribution < 1.29 is 9.53 Å². The van der Waals surface area contributed by atoms with Crippen LogP contribution in [0.2, 0.25) is 0 Å². The Labute approximate surface area is 101 Å². The van der Waals surface area contributed by atoms with Crippen LogP contribution in [0.3, 0.4) is 0 Å². The fourth-order valence-corrected chi connectivity index (χ4v) is 2.00. The Hall–Kier alpha value is -1.55. The zero-order valence-corrected chi connectivity index (χ0v) is 10.2. The largest absolute Gasteiger partial charge is 0.398 e.